The number of sulfonamides is 1. The lowest BCUT2D eigenvalue weighted by atomic mass is 9.95. The molecule has 1 saturated carbocycles. The molecule has 0 aromatic heterocycles. The average molecular weight is 384 g/mol. The van der Waals surface area contributed by atoms with Crippen molar-refractivity contribution >= 4 is 16.0 Å². The second-order valence-corrected chi connectivity index (χ2v) is 9.49. The molecule has 0 heterocycles. The van der Waals surface area contributed by atoms with Crippen molar-refractivity contribution in [2.75, 3.05) is 13.7 Å². The van der Waals surface area contributed by atoms with Crippen LogP contribution in [0.15, 0.2) is 29.2 Å². The molecule has 0 bridgehead atoms. The largest absolute Gasteiger partial charge is 0.497 e. The van der Waals surface area contributed by atoms with Crippen LogP contribution in [0.5, 0.6) is 5.75 Å². The highest BCUT2D eigenvalue weighted by atomic mass is 32.2. The molecule has 0 radical (unpaired) electrons. The number of benzene rings is 1. The highest BCUT2D eigenvalue weighted by Gasteiger charge is 2.35. The van der Waals surface area contributed by atoms with Gasteiger partial charge in [-0.3, -0.25) is 4.79 Å². The standard InChI is InChI=1S/C19H29NO5S/c1-19(2,3)25-18(21)14-20(15-8-6-5-7-9-15)26(22,23)17-12-10-16(24-4)11-13-17/h10-13,15H,5-9,14H2,1-4H3. The highest BCUT2D eigenvalue weighted by Crippen LogP contribution is 2.28. The first kappa shape index (κ1) is 20.7. The summed E-state index contributed by atoms with van der Waals surface area (Å²) in [5.74, 6) is 0.0560. The van der Waals surface area contributed by atoms with Crippen molar-refractivity contribution < 1.29 is 22.7 Å². The van der Waals surface area contributed by atoms with E-state index in [0.717, 1.165) is 32.1 Å². The minimum atomic E-state index is -3.80. The summed E-state index contributed by atoms with van der Waals surface area (Å²) in [6.45, 7) is 5.05. The van der Waals surface area contributed by atoms with Gasteiger partial charge in [-0.1, -0.05) is 19.3 Å². The Morgan fingerprint density at radius 2 is 1.69 bits per heavy atom. The molecule has 1 aliphatic carbocycles. The fourth-order valence-electron chi connectivity index (χ4n) is 3.16. The highest BCUT2D eigenvalue weighted by molar-refractivity contribution is 7.89. The number of nitrogens with zero attached hydrogens (tertiary/aromatic N) is 1. The summed E-state index contributed by atoms with van der Waals surface area (Å²) in [7, 11) is -2.27. The Morgan fingerprint density at radius 1 is 1.12 bits per heavy atom. The molecule has 0 atom stereocenters. The molecule has 0 amide bonds. The first-order valence-electron chi connectivity index (χ1n) is 9.01. The lowest BCUT2D eigenvalue weighted by molar-refractivity contribution is -0.155. The van der Waals surface area contributed by atoms with Crippen LogP contribution in [0.1, 0.15) is 52.9 Å². The lowest BCUT2D eigenvalue weighted by Gasteiger charge is -2.33. The predicted molar refractivity (Wildman–Crippen MR) is 99.6 cm³/mol. The fraction of sp³-hybridized carbons (Fsp3) is 0.632. The maximum Gasteiger partial charge on any atom is 0.321 e. The van der Waals surface area contributed by atoms with Crippen LogP contribution in [0.3, 0.4) is 0 Å². The molecule has 6 nitrogen and oxygen atoms in total. The zero-order valence-electron chi connectivity index (χ0n) is 16.0. The van der Waals surface area contributed by atoms with Gasteiger partial charge in [0.15, 0.2) is 0 Å². The summed E-state index contributed by atoms with van der Waals surface area (Å²) in [5.41, 5.74) is -0.654. The van der Waals surface area contributed by atoms with Crippen LogP contribution in [-0.4, -0.2) is 44.0 Å². The van der Waals surface area contributed by atoms with E-state index in [-0.39, 0.29) is 17.5 Å². The van der Waals surface area contributed by atoms with Gasteiger partial charge in [-0.25, -0.2) is 8.42 Å². The molecule has 2 rings (SSSR count). The molecule has 1 fully saturated rings. The van der Waals surface area contributed by atoms with Gasteiger partial charge in [0.2, 0.25) is 10.0 Å². The van der Waals surface area contributed by atoms with Gasteiger partial charge in [0, 0.05) is 6.04 Å². The second kappa shape index (κ2) is 8.39. The van der Waals surface area contributed by atoms with E-state index >= 15 is 0 Å². The van der Waals surface area contributed by atoms with Crippen molar-refractivity contribution in [2.45, 2.75) is 69.4 Å². The number of carbonyl (C=O) groups excluding carboxylic acids is 1. The minimum absolute atomic E-state index is 0.160. The Hall–Kier alpha value is -1.60. The first-order chi connectivity index (χ1) is 12.1. The van der Waals surface area contributed by atoms with Gasteiger partial charge in [-0.15, -0.1) is 0 Å². The topological polar surface area (TPSA) is 72.9 Å². The van der Waals surface area contributed by atoms with Crippen LogP contribution in [-0.2, 0) is 19.6 Å². The Labute approximate surface area is 156 Å². The molecule has 0 aliphatic heterocycles. The number of hydrogen-bond donors (Lipinski definition) is 0. The van der Waals surface area contributed by atoms with Crippen molar-refractivity contribution in [2.24, 2.45) is 0 Å². The van der Waals surface area contributed by atoms with E-state index < -0.39 is 21.6 Å². The van der Waals surface area contributed by atoms with E-state index in [9.17, 15) is 13.2 Å². The van der Waals surface area contributed by atoms with Gasteiger partial charge in [0.05, 0.1) is 12.0 Å². The van der Waals surface area contributed by atoms with Gasteiger partial charge in [0.1, 0.15) is 17.9 Å². The summed E-state index contributed by atoms with van der Waals surface area (Å²) in [5, 5.41) is 0. The third kappa shape index (κ3) is 5.45. The van der Waals surface area contributed by atoms with Crippen molar-refractivity contribution in [1.29, 1.82) is 0 Å². The fourth-order valence-corrected chi connectivity index (χ4v) is 4.79. The SMILES string of the molecule is COc1ccc(S(=O)(=O)N(CC(=O)OC(C)(C)C)C2CCCCC2)cc1. The molecule has 1 aromatic rings. The third-order valence-corrected chi connectivity index (χ3v) is 6.27. The average Bonchev–Trinajstić information content (AvgIpc) is 2.59. The van der Waals surface area contributed by atoms with Gasteiger partial charge in [0.25, 0.3) is 0 Å². The molecule has 1 aliphatic rings. The predicted octanol–water partition coefficient (Wildman–Crippen LogP) is 3.36. The maximum absolute atomic E-state index is 13.2. The Bertz CT molecular complexity index is 700. The lowest BCUT2D eigenvalue weighted by Crippen LogP contribution is -2.45. The monoisotopic (exact) mass is 383 g/mol. The quantitative estimate of drug-likeness (QED) is 0.704. The summed E-state index contributed by atoms with van der Waals surface area (Å²) in [6, 6.07) is 6.07. The van der Waals surface area contributed by atoms with Gasteiger partial charge < -0.3 is 9.47 Å². The number of esters is 1. The maximum atomic E-state index is 13.2. The summed E-state index contributed by atoms with van der Waals surface area (Å²) < 4.78 is 38.2. The Balaban J connectivity index is 2.29. The number of carbonyl (C=O) groups is 1. The van der Waals surface area contributed by atoms with Crippen molar-refractivity contribution in [1.82, 2.24) is 4.31 Å². The molecule has 0 spiro atoms. The van der Waals surface area contributed by atoms with E-state index in [2.05, 4.69) is 0 Å². The summed E-state index contributed by atoms with van der Waals surface area (Å²) >= 11 is 0. The molecule has 7 heteroatoms. The molecular weight excluding hydrogens is 354 g/mol. The third-order valence-electron chi connectivity index (χ3n) is 4.35. The van der Waals surface area contributed by atoms with Crippen LogP contribution in [0.4, 0.5) is 0 Å². The number of methoxy groups -OCH3 is 1. The van der Waals surface area contributed by atoms with Crippen molar-refractivity contribution in [3.05, 3.63) is 24.3 Å². The van der Waals surface area contributed by atoms with E-state index in [4.69, 9.17) is 9.47 Å². The van der Waals surface area contributed by atoms with Crippen LogP contribution in [0.25, 0.3) is 0 Å². The van der Waals surface area contributed by atoms with E-state index in [0.29, 0.717) is 5.75 Å². The van der Waals surface area contributed by atoms with Crippen molar-refractivity contribution in [3.8, 4) is 5.75 Å². The molecule has 26 heavy (non-hydrogen) atoms. The van der Waals surface area contributed by atoms with E-state index in [1.54, 1.807) is 32.9 Å². The van der Waals surface area contributed by atoms with E-state index in [1.807, 2.05) is 0 Å². The van der Waals surface area contributed by atoms with Crippen LogP contribution in [0, 0.1) is 0 Å². The van der Waals surface area contributed by atoms with Gasteiger partial charge in [-0.05, 0) is 57.9 Å². The van der Waals surface area contributed by atoms with Crippen LogP contribution in [0.2, 0.25) is 0 Å². The molecule has 0 unspecified atom stereocenters. The van der Waals surface area contributed by atoms with Crippen molar-refractivity contribution in [3.63, 3.8) is 0 Å². The molecule has 0 saturated heterocycles. The number of ether oxygens (including phenoxy) is 2. The molecule has 0 N–H and O–H groups in total. The van der Waals surface area contributed by atoms with E-state index in [1.165, 1.54) is 23.5 Å². The Morgan fingerprint density at radius 3 is 2.19 bits per heavy atom. The number of rotatable bonds is 6. The first-order valence-corrected chi connectivity index (χ1v) is 10.5. The van der Waals surface area contributed by atoms with Gasteiger partial charge >= 0.3 is 5.97 Å². The second-order valence-electron chi connectivity index (χ2n) is 7.60. The minimum Gasteiger partial charge on any atom is -0.497 e. The van der Waals surface area contributed by atoms with Crippen LogP contribution < -0.4 is 4.74 Å². The Kier molecular flexibility index (Phi) is 6.69. The summed E-state index contributed by atoms with van der Waals surface area (Å²) in [6.07, 6.45) is 4.55. The molecule has 1 aromatic carbocycles. The van der Waals surface area contributed by atoms with Gasteiger partial charge in [-0.2, -0.15) is 4.31 Å². The van der Waals surface area contributed by atoms with Crippen LogP contribution >= 0.6 is 0 Å². The smallest absolute Gasteiger partial charge is 0.321 e. The normalized spacial score (nSPS) is 16.5. The zero-order chi connectivity index (χ0) is 19.4. The molecule has 146 valence electrons. The molecular formula is C19H29NO5S. The summed E-state index contributed by atoms with van der Waals surface area (Å²) in [4.78, 5) is 12.5. The number of hydrogen-bond acceptors (Lipinski definition) is 5. The zero-order valence-corrected chi connectivity index (χ0v) is 16.8.